The van der Waals surface area contributed by atoms with Crippen LogP contribution >= 0.6 is 22.6 Å². The van der Waals surface area contributed by atoms with Crippen molar-refractivity contribution >= 4 is 22.6 Å². The van der Waals surface area contributed by atoms with Gasteiger partial charge in [-0.05, 0) is 58.5 Å². The van der Waals surface area contributed by atoms with Crippen molar-refractivity contribution in [1.29, 1.82) is 0 Å². The topological polar surface area (TPSA) is 38.0 Å². The average Bonchev–Trinajstić information content (AvgIpc) is 2.37. The lowest BCUT2D eigenvalue weighted by Gasteiger charge is -2.17. The van der Waals surface area contributed by atoms with E-state index in [0.717, 1.165) is 27.3 Å². The fourth-order valence-electron chi connectivity index (χ4n) is 1.76. The van der Waals surface area contributed by atoms with Crippen LogP contribution in [0.25, 0.3) is 0 Å². The van der Waals surface area contributed by atoms with E-state index in [2.05, 4.69) is 28.0 Å². The van der Waals surface area contributed by atoms with E-state index in [0.29, 0.717) is 0 Å². The lowest BCUT2D eigenvalue weighted by molar-refractivity contribution is 0.545. The first-order valence-corrected chi connectivity index (χ1v) is 6.36. The van der Waals surface area contributed by atoms with Gasteiger partial charge in [-0.15, -0.1) is 0 Å². The van der Waals surface area contributed by atoms with E-state index in [1.54, 1.807) is 0 Å². The number of rotatable bonds is 3. The fraction of sp³-hybridized carbons (Fsp3) is 0.0769. The number of nitrogens with one attached hydrogen (secondary N) is 1. The van der Waals surface area contributed by atoms with E-state index in [-0.39, 0.29) is 5.56 Å². The van der Waals surface area contributed by atoms with Gasteiger partial charge >= 0.3 is 0 Å². The van der Waals surface area contributed by atoms with Gasteiger partial charge in [-0.1, -0.05) is 12.1 Å². The molecule has 0 saturated heterocycles. The second kappa shape index (κ2) is 5.73. The Morgan fingerprint density at radius 3 is 2.33 bits per heavy atom. The highest BCUT2D eigenvalue weighted by Gasteiger charge is 2.17. The number of benzene rings is 2. The SMILES string of the molecule is NNC(c1ccc(I)cc1)c1cc(F)ccc1F. The normalized spacial score (nSPS) is 12.4. The summed E-state index contributed by atoms with van der Waals surface area (Å²) in [7, 11) is 0. The van der Waals surface area contributed by atoms with E-state index in [4.69, 9.17) is 5.84 Å². The first-order valence-electron chi connectivity index (χ1n) is 5.28. The fourth-order valence-corrected chi connectivity index (χ4v) is 2.12. The molecule has 1 unspecified atom stereocenters. The van der Waals surface area contributed by atoms with Crippen LogP contribution in [-0.4, -0.2) is 0 Å². The van der Waals surface area contributed by atoms with Crippen LogP contribution in [0.5, 0.6) is 0 Å². The summed E-state index contributed by atoms with van der Waals surface area (Å²) in [6, 6.07) is 10.2. The van der Waals surface area contributed by atoms with Crippen molar-refractivity contribution in [2.24, 2.45) is 5.84 Å². The van der Waals surface area contributed by atoms with Crippen molar-refractivity contribution in [3.05, 3.63) is 68.8 Å². The van der Waals surface area contributed by atoms with Gasteiger partial charge in [-0.3, -0.25) is 5.84 Å². The standard InChI is InChI=1S/C13H11F2IN2/c14-9-3-6-12(15)11(7-9)13(18-17)8-1-4-10(16)5-2-8/h1-7,13,18H,17H2. The zero-order valence-electron chi connectivity index (χ0n) is 9.33. The van der Waals surface area contributed by atoms with Crippen molar-refractivity contribution in [2.75, 3.05) is 0 Å². The quantitative estimate of drug-likeness (QED) is 0.502. The van der Waals surface area contributed by atoms with Crippen LogP contribution in [0.2, 0.25) is 0 Å². The summed E-state index contributed by atoms with van der Waals surface area (Å²) in [4.78, 5) is 0. The van der Waals surface area contributed by atoms with Crippen molar-refractivity contribution < 1.29 is 8.78 Å². The number of halogens is 3. The molecule has 0 bridgehead atoms. The molecule has 0 spiro atoms. The van der Waals surface area contributed by atoms with Gasteiger partial charge in [0.05, 0.1) is 6.04 Å². The Balaban J connectivity index is 2.44. The molecule has 2 aromatic carbocycles. The monoisotopic (exact) mass is 360 g/mol. The Labute approximate surface area is 117 Å². The highest BCUT2D eigenvalue weighted by molar-refractivity contribution is 14.1. The lowest BCUT2D eigenvalue weighted by Crippen LogP contribution is -2.29. The molecule has 2 rings (SSSR count). The molecule has 0 radical (unpaired) electrons. The maximum absolute atomic E-state index is 13.7. The van der Waals surface area contributed by atoms with Gasteiger partial charge in [0.1, 0.15) is 11.6 Å². The third-order valence-electron chi connectivity index (χ3n) is 2.64. The summed E-state index contributed by atoms with van der Waals surface area (Å²) in [6.07, 6.45) is 0. The number of hydrazine groups is 1. The largest absolute Gasteiger partial charge is 0.271 e. The first-order chi connectivity index (χ1) is 8.61. The van der Waals surface area contributed by atoms with Crippen LogP contribution in [0.3, 0.4) is 0 Å². The van der Waals surface area contributed by atoms with Gasteiger partial charge in [-0.2, -0.15) is 0 Å². The second-order valence-corrected chi connectivity index (χ2v) is 5.06. The molecule has 0 heterocycles. The summed E-state index contributed by atoms with van der Waals surface area (Å²) in [5, 5.41) is 0. The predicted molar refractivity (Wildman–Crippen MR) is 74.7 cm³/mol. The Hall–Kier alpha value is -1.05. The third kappa shape index (κ3) is 2.85. The molecule has 0 aliphatic heterocycles. The molecule has 2 nitrogen and oxygen atoms in total. The minimum absolute atomic E-state index is 0.193. The first kappa shape index (κ1) is 13.4. The number of nitrogens with two attached hydrogens (primary N) is 1. The van der Waals surface area contributed by atoms with Gasteiger partial charge in [-0.25, -0.2) is 14.2 Å². The third-order valence-corrected chi connectivity index (χ3v) is 3.36. The maximum atomic E-state index is 13.7. The smallest absolute Gasteiger partial charge is 0.128 e. The van der Waals surface area contributed by atoms with Crippen LogP contribution < -0.4 is 11.3 Å². The van der Waals surface area contributed by atoms with Gasteiger partial charge in [0.25, 0.3) is 0 Å². The Morgan fingerprint density at radius 2 is 1.72 bits per heavy atom. The number of hydrogen-bond donors (Lipinski definition) is 2. The van der Waals surface area contributed by atoms with Crippen LogP contribution in [-0.2, 0) is 0 Å². The molecule has 5 heteroatoms. The van der Waals surface area contributed by atoms with Crippen molar-refractivity contribution in [3.8, 4) is 0 Å². The predicted octanol–water partition coefficient (Wildman–Crippen LogP) is 3.12. The molecule has 2 aromatic rings. The maximum Gasteiger partial charge on any atom is 0.128 e. The highest BCUT2D eigenvalue weighted by atomic mass is 127. The molecule has 0 amide bonds. The van der Waals surface area contributed by atoms with Crippen LogP contribution in [0.1, 0.15) is 17.2 Å². The zero-order chi connectivity index (χ0) is 13.1. The summed E-state index contributed by atoms with van der Waals surface area (Å²) < 4.78 is 28.0. The minimum atomic E-state index is -0.572. The van der Waals surface area contributed by atoms with Crippen LogP contribution in [0.4, 0.5) is 8.78 Å². The van der Waals surface area contributed by atoms with Crippen molar-refractivity contribution in [3.63, 3.8) is 0 Å². The molecular weight excluding hydrogens is 349 g/mol. The van der Waals surface area contributed by atoms with E-state index < -0.39 is 17.7 Å². The molecule has 1 atom stereocenters. The molecule has 0 saturated carbocycles. The Morgan fingerprint density at radius 1 is 1.06 bits per heavy atom. The van der Waals surface area contributed by atoms with Gasteiger partial charge < -0.3 is 0 Å². The zero-order valence-corrected chi connectivity index (χ0v) is 11.5. The van der Waals surface area contributed by atoms with Crippen molar-refractivity contribution in [1.82, 2.24) is 5.43 Å². The molecule has 18 heavy (non-hydrogen) atoms. The molecule has 0 aliphatic carbocycles. The summed E-state index contributed by atoms with van der Waals surface area (Å²) >= 11 is 2.17. The van der Waals surface area contributed by atoms with E-state index in [9.17, 15) is 8.78 Å². The van der Waals surface area contributed by atoms with E-state index in [1.165, 1.54) is 0 Å². The second-order valence-electron chi connectivity index (χ2n) is 3.82. The van der Waals surface area contributed by atoms with Crippen LogP contribution in [0.15, 0.2) is 42.5 Å². The van der Waals surface area contributed by atoms with E-state index >= 15 is 0 Å². The van der Waals surface area contributed by atoms with E-state index in [1.807, 2.05) is 24.3 Å². The molecule has 94 valence electrons. The molecule has 0 aliphatic rings. The van der Waals surface area contributed by atoms with Crippen molar-refractivity contribution in [2.45, 2.75) is 6.04 Å². The molecular formula is C13H11F2IN2. The Kier molecular flexibility index (Phi) is 4.26. The summed E-state index contributed by atoms with van der Waals surface area (Å²) in [5.74, 6) is 4.48. The van der Waals surface area contributed by atoms with Gasteiger partial charge in [0.15, 0.2) is 0 Å². The lowest BCUT2D eigenvalue weighted by atomic mass is 9.99. The van der Waals surface area contributed by atoms with Crippen LogP contribution in [0, 0.1) is 15.2 Å². The van der Waals surface area contributed by atoms with Gasteiger partial charge in [0, 0.05) is 9.13 Å². The molecule has 0 fully saturated rings. The molecule has 3 N–H and O–H groups in total. The Bertz CT molecular complexity index is 543. The number of hydrogen-bond acceptors (Lipinski definition) is 2. The molecule has 0 aromatic heterocycles. The minimum Gasteiger partial charge on any atom is -0.271 e. The highest BCUT2D eigenvalue weighted by Crippen LogP contribution is 2.25. The van der Waals surface area contributed by atoms with Gasteiger partial charge in [0.2, 0.25) is 0 Å². The summed E-state index contributed by atoms with van der Waals surface area (Å²) in [6.45, 7) is 0. The summed E-state index contributed by atoms with van der Waals surface area (Å²) in [5.41, 5.74) is 3.49. The average molecular weight is 360 g/mol.